The number of carboxylic acid groups (broad SMARTS) is 1. The molecule has 4 nitrogen and oxygen atoms in total. The summed E-state index contributed by atoms with van der Waals surface area (Å²) in [4.78, 5) is 10.2. The van der Waals surface area contributed by atoms with Crippen molar-refractivity contribution in [1.82, 2.24) is 0 Å². The highest BCUT2D eigenvalue weighted by molar-refractivity contribution is 8.01. The van der Waals surface area contributed by atoms with Gasteiger partial charge in [0, 0.05) is 6.42 Å². The number of carboxylic acids is 1. The molecule has 0 aromatic carbocycles. The Kier molecular flexibility index (Phi) is 3.50. The molecule has 0 atom stereocenters. The van der Waals surface area contributed by atoms with Crippen molar-refractivity contribution in [3.8, 4) is 0 Å². The van der Waals surface area contributed by atoms with Crippen molar-refractivity contribution < 1.29 is 20.1 Å². The smallest absolute Gasteiger partial charge is 0.329 e. The summed E-state index contributed by atoms with van der Waals surface area (Å²) in [6.45, 7) is 0. The lowest BCUT2D eigenvalue weighted by atomic mass is 10.3. The standard InChI is InChI=1S/C4H8O4S2/c5-2(6)1-4(9,10)3(7)8/h2,5-6,9-10H,1H2,(H,7,8). The third-order valence-corrected chi connectivity index (χ3v) is 1.56. The number of hydrogen-bond acceptors (Lipinski definition) is 5. The maximum Gasteiger partial charge on any atom is 0.329 e. The SMILES string of the molecule is O=C(O)C(S)(S)CC(O)O. The first-order valence-electron chi connectivity index (χ1n) is 2.40. The fourth-order valence-corrected chi connectivity index (χ4v) is 0.668. The van der Waals surface area contributed by atoms with E-state index in [4.69, 9.17) is 15.3 Å². The second-order valence-electron chi connectivity index (χ2n) is 1.81. The highest BCUT2D eigenvalue weighted by atomic mass is 32.2. The molecule has 0 bridgehead atoms. The third kappa shape index (κ3) is 3.31. The minimum Gasteiger partial charge on any atom is -0.480 e. The quantitative estimate of drug-likeness (QED) is 0.298. The number of rotatable bonds is 3. The molecule has 0 aromatic heterocycles. The molecule has 0 saturated heterocycles. The molecule has 0 spiro atoms. The zero-order chi connectivity index (χ0) is 8.36. The van der Waals surface area contributed by atoms with Gasteiger partial charge in [-0.3, -0.25) is 0 Å². The topological polar surface area (TPSA) is 77.8 Å². The highest BCUT2D eigenvalue weighted by Gasteiger charge is 2.31. The Morgan fingerprint density at radius 1 is 1.50 bits per heavy atom. The van der Waals surface area contributed by atoms with E-state index in [1.54, 1.807) is 0 Å². The van der Waals surface area contributed by atoms with Crippen LogP contribution in [0.4, 0.5) is 0 Å². The van der Waals surface area contributed by atoms with E-state index >= 15 is 0 Å². The second kappa shape index (κ2) is 3.47. The Hall–Kier alpha value is 0.0900. The van der Waals surface area contributed by atoms with E-state index < -0.39 is 22.8 Å². The van der Waals surface area contributed by atoms with Crippen molar-refractivity contribution in [3.63, 3.8) is 0 Å². The number of aliphatic hydroxyl groups is 2. The Balaban J connectivity index is 4.00. The first kappa shape index (κ1) is 10.1. The predicted octanol–water partition coefficient (Wildman–Crippen LogP) is -0.672. The van der Waals surface area contributed by atoms with Crippen LogP contribution in [0.2, 0.25) is 0 Å². The van der Waals surface area contributed by atoms with Crippen molar-refractivity contribution >= 4 is 31.2 Å². The van der Waals surface area contributed by atoms with Crippen molar-refractivity contribution in [3.05, 3.63) is 0 Å². The lowest BCUT2D eigenvalue weighted by molar-refractivity contribution is -0.139. The third-order valence-electron chi connectivity index (χ3n) is 0.810. The molecule has 0 aliphatic heterocycles. The van der Waals surface area contributed by atoms with Gasteiger partial charge in [-0.25, -0.2) is 4.79 Å². The maximum atomic E-state index is 10.2. The predicted molar refractivity (Wildman–Crippen MR) is 41.2 cm³/mol. The number of aliphatic carboxylic acids is 1. The van der Waals surface area contributed by atoms with Gasteiger partial charge in [-0.2, -0.15) is 25.3 Å². The van der Waals surface area contributed by atoms with Crippen molar-refractivity contribution in [2.45, 2.75) is 16.8 Å². The van der Waals surface area contributed by atoms with Crippen molar-refractivity contribution in [1.29, 1.82) is 0 Å². The van der Waals surface area contributed by atoms with Gasteiger partial charge in [0.1, 0.15) is 0 Å². The van der Waals surface area contributed by atoms with Gasteiger partial charge in [-0.15, -0.1) is 0 Å². The molecule has 3 N–H and O–H groups in total. The molecular formula is C4H8O4S2. The minimum absolute atomic E-state index is 0.422. The molecular weight excluding hydrogens is 176 g/mol. The summed E-state index contributed by atoms with van der Waals surface area (Å²) in [5, 5.41) is 25.0. The van der Waals surface area contributed by atoms with Crippen LogP contribution in [0.3, 0.4) is 0 Å². The molecule has 0 fully saturated rings. The van der Waals surface area contributed by atoms with Crippen LogP contribution in [-0.4, -0.2) is 31.7 Å². The van der Waals surface area contributed by atoms with Gasteiger partial charge in [0.05, 0.1) is 0 Å². The lowest BCUT2D eigenvalue weighted by Crippen LogP contribution is -2.30. The Morgan fingerprint density at radius 3 is 2.00 bits per heavy atom. The largest absolute Gasteiger partial charge is 0.480 e. The molecule has 10 heavy (non-hydrogen) atoms. The first-order valence-corrected chi connectivity index (χ1v) is 3.30. The van der Waals surface area contributed by atoms with E-state index in [1.165, 1.54) is 0 Å². The fraction of sp³-hybridized carbons (Fsp3) is 0.750. The van der Waals surface area contributed by atoms with Crippen LogP contribution in [0.5, 0.6) is 0 Å². The Bertz CT molecular complexity index is 133. The summed E-state index contributed by atoms with van der Waals surface area (Å²) in [6, 6.07) is 0. The lowest BCUT2D eigenvalue weighted by Gasteiger charge is -2.17. The number of hydrogen-bond donors (Lipinski definition) is 5. The summed E-state index contributed by atoms with van der Waals surface area (Å²) >= 11 is 7.13. The van der Waals surface area contributed by atoms with Crippen molar-refractivity contribution in [2.75, 3.05) is 0 Å². The molecule has 0 amide bonds. The molecule has 0 aromatic rings. The van der Waals surface area contributed by atoms with E-state index in [2.05, 4.69) is 25.3 Å². The van der Waals surface area contributed by atoms with Gasteiger partial charge < -0.3 is 15.3 Å². The van der Waals surface area contributed by atoms with Crippen LogP contribution in [0.25, 0.3) is 0 Å². The average Bonchev–Trinajstić information content (AvgIpc) is 1.60. The number of carbonyl (C=O) groups is 1. The first-order chi connectivity index (χ1) is 4.36. The van der Waals surface area contributed by atoms with Gasteiger partial charge >= 0.3 is 5.97 Å². The summed E-state index contributed by atoms with van der Waals surface area (Å²) in [5.74, 6) is -1.30. The molecule has 60 valence electrons. The summed E-state index contributed by atoms with van der Waals surface area (Å²) in [5.41, 5.74) is 0. The van der Waals surface area contributed by atoms with Crippen LogP contribution in [-0.2, 0) is 4.79 Å². The molecule has 0 radical (unpaired) electrons. The average molecular weight is 184 g/mol. The van der Waals surface area contributed by atoms with E-state index in [0.717, 1.165) is 0 Å². The van der Waals surface area contributed by atoms with Crippen LogP contribution >= 0.6 is 25.3 Å². The van der Waals surface area contributed by atoms with Crippen LogP contribution in [0.1, 0.15) is 6.42 Å². The monoisotopic (exact) mass is 184 g/mol. The van der Waals surface area contributed by atoms with Gasteiger partial charge in [-0.1, -0.05) is 0 Å². The fourth-order valence-electron chi connectivity index (χ4n) is 0.342. The van der Waals surface area contributed by atoms with Gasteiger partial charge in [-0.05, 0) is 0 Å². The van der Waals surface area contributed by atoms with E-state index in [0.29, 0.717) is 0 Å². The van der Waals surface area contributed by atoms with Gasteiger partial charge in [0.25, 0.3) is 0 Å². The Morgan fingerprint density at radius 2 is 1.90 bits per heavy atom. The minimum atomic E-state index is -1.70. The van der Waals surface area contributed by atoms with Crippen LogP contribution in [0.15, 0.2) is 0 Å². The highest BCUT2D eigenvalue weighted by Crippen LogP contribution is 2.25. The van der Waals surface area contributed by atoms with E-state index in [9.17, 15) is 4.79 Å². The normalized spacial score (nSPS) is 12.1. The molecule has 0 rings (SSSR count). The molecule has 0 heterocycles. The summed E-state index contributed by atoms with van der Waals surface area (Å²) in [7, 11) is 0. The number of thiol groups is 2. The Labute approximate surface area is 68.7 Å². The maximum absolute atomic E-state index is 10.2. The molecule has 0 aliphatic rings. The molecule has 0 aliphatic carbocycles. The molecule has 0 saturated carbocycles. The van der Waals surface area contributed by atoms with E-state index in [-0.39, 0.29) is 0 Å². The van der Waals surface area contributed by atoms with Crippen molar-refractivity contribution in [2.24, 2.45) is 0 Å². The van der Waals surface area contributed by atoms with Crippen LogP contribution in [0, 0.1) is 0 Å². The zero-order valence-corrected chi connectivity index (χ0v) is 6.72. The van der Waals surface area contributed by atoms with E-state index in [1.807, 2.05) is 0 Å². The summed E-state index contributed by atoms with van der Waals surface area (Å²) in [6.07, 6.45) is -2.12. The van der Waals surface area contributed by atoms with Crippen LogP contribution < -0.4 is 0 Å². The summed E-state index contributed by atoms with van der Waals surface area (Å²) < 4.78 is -1.67. The second-order valence-corrected chi connectivity index (χ2v) is 3.69. The molecule has 6 heteroatoms. The molecule has 0 unspecified atom stereocenters. The number of aliphatic hydroxyl groups excluding tert-OH is 1. The zero-order valence-electron chi connectivity index (χ0n) is 4.93. The van der Waals surface area contributed by atoms with Gasteiger partial charge in [0.15, 0.2) is 10.4 Å². The van der Waals surface area contributed by atoms with Gasteiger partial charge in [0.2, 0.25) is 0 Å².